The minimum Gasteiger partial charge on any atom is -0.444 e. The maximum Gasteiger partial charge on any atom is 0.573 e. The standard InChI is InChI=1S/C38H43F3N8O4S/c1-25-8-6-9-26(2)33(25)45-35(54-23-32(50)42-20-28-10-7-19-48(22-28)36(51)53-37(3,4)5)46-44-21-27-11-13-29(14-12-27)34-43-24-49(47-34)30-15-17-31(18-16-30)52-38(39,40)41/h6,8-9,11-18,21,24,28H,7,10,19-20,22-23H2,1-5H3,(H,42,50)(H,45,46)/b44-21-. The SMILES string of the molecule is Cc1cccc(C)c1N=C(N/N=C\c1ccc(-c2ncn(-c3ccc(OC(F)(F)F)cc3)n2)cc1)SCC(=O)NCC1CCCN(C(=O)OC(C)(C)C)C1. The predicted octanol–water partition coefficient (Wildman–Crippen LogP) is 7.56. The number of amidine groups is 1. The third-order valence-corrected chi connectivity index (χ3v) is 8.98. The Hall–Kier alpha value is -5.38. The van der Waals surface area contributed by atoms with E-state index in [4.69, 9.17) is 9.73 Å². The van der Waals surface area contributed by atoms with Crippen molar-refractivity contribution in [2.45, 2.75) is 59.4 Å². The van der Waals surface area contributed by atoms with Gasteiger partial charge in [-0.25, -0.2) is 19.5 Å². The third kappa shape index (κ3) is 12.1. The van der Waals surface area contributed by atoms with Gasteiger partial charge in [0.05, 0.1) is 23.3 Å². The van der Waals surface area contributed by atoms with Crippen molar-refractivity contribution < 1.29 is 32.2 Å². The maximum absolute atomic E-state index is 13.0. The largest absolute Gasteiger partial charge is 0.573 e. The first-order valence-electron chi connectivity index (χ1n) is 17.3. The number of aromatic nitrogens is 3. The molecule has 2 amide bonds. The second-order valence-corrected chi connectivity index (χ2v) is 14.7. The van der Waals surface area contributed by atoms with E-state index in [1.54, 1.807) is 11.1 Å². The predicted molar refractivity (Wildman–Crippen MR) is 203 cm³/mol. The van der Waals surface area contributed by atoms with E-state index in [1.165, 1.54) is 47.0 Å². The van der Waals surface area contributed by atoms with Gasteiger partial charge in [-0.1, -0.05) is 54.2 Å². The summed E-state index contributed by atoms with van der Waals surface area (Å²) in [5.41, 5.74) is 7.19. The second-order valence-electron chi connectivity index (χ2n) is 13.7. The van der Waals surface area contributed by atoms with E-state index in [9.17, 15) is 22.8 Å². The van der Waals surface area contributed by atoms with Crippen LogP contribution in [-0.4, -0.2) is 80.4 Å². The Morgan fingerprint density at radius 3 is 2.39 bits per heavy atom. The van der Waals surface area contributed by atoms with Crippen LogP contribution < -0.4 is 15.5 Å². The molecule has 3 aromatic carbocycles. The lowest BCUT2D eigenvalue weighted by Gasteiger charge is -2.34. The highest BCUT2D eigenvalue weighted by atomic mass is 32.2. The number of carbonyl (C=O) groups excluding carboxylic acids is 2. The molecule has 5 rings (SSSR count). The van der Waals surface area contributed by atoms with Crippen molar-refractivity contribution in [2.75, 3.05) is 25.4 Å². The van der Waals surface area contributed by atoms with Crippen molar-refractivity contribution in [3.05, 3.63) is 89.7 Å². The number of nitrogens with zero attached hydrogens (tertiary/aromatic N) is 6. The van der Waals surface area contributed by atoms with Crippen LogP contribution >= 0.6 is 11.8 Å². The molecule has 2 heterocycles. The molecule has 1 atom stereocenters. The fourth-order valence-electron chi connectivity index (χ4n) is 5.54. The lowest BCUT2D eigenvalue weighted by Crippen LogP contribution is -2.45. The molecular formula is C38H43F3N8O4S. The normalized spacial score (nSPS) is 15.3. The molecule has 4 aromatic rings. The lowest BCUT2D eigenvalue weighted by molar-refractivity contribution is -0.274. The van der Waals surface area contributed by atoms with E-state index >= 15 is 0 Å². The first-order valence-corrected chi connectivity index (χ1v) is 18.3. The van der Waals surface area contributed by atoms with Gasteiger partial charge in [-0.15, -0.1) is 18.3 Å². The highest BCUT2D eigenvalue weighted by molar-refractivity contribution is 8.14. The second kappa shape index (κ2) is 17.6. The van der Waals surface area contributed by atoms with Crippen molar-refractivity contribution in [1.82, 2.24) is 30.4 Å². The molecule has 1 aliphatic heterocycles. The van der Waals surface area contributed by atoms with Gasteiger partial charge in [0.25, 0.3) is 0 Å². The summed E-state index contributed by atoms with van der Waals surface area (Å²) in [5.74, 6) is 0.175. The molecule has 12 nitrogen and oxygen atoms in total. The van der Waals surface area contributed by atoms with E-state index in [0.29, 0.717) is 36.3 Å². The molecule has 16 heteroatoms. The highest BCUT2D eigenvalue weighted by Crippen LogP contribution is 2.26. The van der Waals surface area contributed by atoms with Gasteiger partial charge in [0.2, 0.25) is 5.91 Å². The van der Waals surface area contributed by atoms with Crippen molar-refractivity contribution in [3.8, 4) is 22.8 Å². The van der Waals surface area contributed by atoms with Crippen LogP contribution in [0.5, 0.6) is 5.75 Å². The number of hydrogen-bond donors (Lipinski definition) is 2. The number of likely N-dealkylation sites (tertiary alicyclic amines) is 1. The number of piperidine rings is 1. The van der Waals surface area contributed by atoms with Crippen molar-refractivity contribution >= 4 is 40.8 Å². The fourth-order valence-corrected chi connectivity index (χ4v) is 6.18. The number of halogens is 3. The minimum atomic E-state index is -4.77. The molecule has 0 aliphatic carbocycles. The summed E-state index contributed by atoms with van der Waals surface area (Å²) in [6, 6.07) is 18.5. The Labute approximate surface area is 316 Å². The van der Waals surface area contributed by atoms with E-state index < -0.39 is 12.0 Å². The zero-order valence-electron chi connectivity index (χ0n) is 30.7. The maximum atomic E-state index is 13.0. The average molecular weight is 765 g/mol. The summed E-state index contributed by atoms with van der Waals surface area (Å²) in [5, 5.41) is 12.3. The number of alkyl halides is 3. The number of aliphatic imine (C=N–C) groups is 1. The zero-order valence-corrected chi connectivity index (χ0v) is 31.5. The summed E-state index contributed by atoms with van der Waals surface area (Å²) in [4.78, 5) is 36.4. The van der Waals surface area contributed by atoms with Gasteiger partial charge in [0.1, 0.15) is 17.7 Å². The van der Waals surface area contributed by atoms with Crippen molar-refractivity contribution in [2.24, 2.45) is 16.0 Å². The molecule has 1 aliphatic rings. The third-order valence-electron chi connectivity index (χ3n) is 8.12. The number of benzene rings is 3. The van der Waals surface area contributed by atoms with Crippen LogP contribution in [0.2, 0.25) is 0 Å². The molecule has 1 unspecified atom stereocenters. The summed E-state index contributed by atoms with van der Waals surface area (Å²) in [7, 11) is 0. The number of thioether (sulfide) groups is 1. The molecule has 2 N–H and O–H groups in total. The van der Waals surface area contributed by atoms with E-state index in [-0.39, 0.29) is 29.4 Å². The Bertz CT molecular complexity index is 1940. The summed E-state index contributed by atoms with van der Waals surface area (Å²) >= 11 is 1.23. The number of hydrogen-bond acceptors (Lipinski definition) is 9. The molecule has 0 saturated carbocycles. The first-order chi connectivity index (χ1) is 25.6. The summed E-state index contributed by atoms with van der Waals surface area (Å²) in [6.07, 6.45) is -0.252. The molecule has 286 valence electrons. The zero-order chi connectivity index (χ0) is 38.9. The van der Waals surface area contributed by atoms with Crippen LogP contribution in [0, 0.1) is 19.8 Å². The van der Waals surface area contributed by atoms with E-state index in [1.807, 2.05) is 77.1 Å². The van der Waals surface area contributed by atoms with Gasteiger partial charge in [0, 0.05) is 25.2 Å². The Morgan fingerprint density at radius 2 is 1.72 bits per heavy atom. The molecular weight excluding hydrogens is 722 g/mol. The van der Waals surface area contributed by atoms with Crippen molar-refractivity contribution in [1.29, 1.82) is 0 Å². The monoisotopic (exact) mass is 764 g/mol. The Kier molecular flexibility index (Phi) is 13.0. The highest BCUT2D eigenvalue weighted by Gasteiger charge is 2.31. The summed E-state index contributed by atoms with van der Waals surface area (Å²) in [6.45, 7) is 11.1. The Morgan fingerprint density at radius 1 is 1.02 bits per heavy atom. The Balaban J connectivity index is 1.18. The quantitative estimate of drug-likeness (QED) is 0.0961. The molecule has 1 aromatic heterocycles. The topological polar surface area (TPSA) is 135 Å². The number of nitrogens with one attached hydrogen (secondary N) is 2. The number of rotatable bonds is 10. The van der Waals surface area contributed by atoms with Crippen molar-refractivity contribution in [3.63, 3.8) is 0 Å². The molecule has 54 heavy (non-hydrogen) atoms. The molecule has 1 saturated heterocycles. The average Bonchev–Trinajstić information content (AvgIpc) is 3.61. The van der Waals surface area contributed by atoms with Gasteiger partial charge in [0.15, 0.2) is 11.0 Å². The van der Waals surface area contributed by atoms with E-state index in [2.05, 4.69) is 30.7 Å². The number of hydrazone groups is 1. The smallest absolute Gasteiger partial charge is 0.444 e. The van der Waals surface area contributed by atoms with Crippen LogP contribution in [0.1, 0.15) is 50.3 Å². The van der Waals surface area contributed by atoms with E-state index in [0.717, 1.165) is 40.8 Å². The van der Waals surface area contributed by atoms with Gasteiger partial charge in [-0.2, -0.15) is 5.10 Å². The van der Waals surface area contributed by atoms with Crippen LogP contribution in [0.15, 0.2) is 83.2 Å². The van der Waals surface area contributed by atoms with Gasteiger partial charge >= 0.3 is 12.5 Å². The van der Waals surface area contributed by atoms with Gasteiger partial charge in [-0.3, -0.25) is 10.2 Å². The first kappa shape index (κ1) is 39.8. The van der Waals surface area contributed by atoms with Crippen LogP contribution in [0.25, 0.3) is 17.1 Å². The van der Waals surface area contributed by atoms with Gasteiger partial charge < -0.3 is 19.7 Å². The minimum absolute atomic E-state index is 0.106. The number of ether oxygens (including phenoxy) is 2. The van der Waals surface area contributed by atoms with Gasteiger partial charge in [-0.05, 0) is 94.3 Å². The summed E-state index contributed by atoms with van der Waals surface area (Å²) < 4.78 is 48.4. The molecule has 0 bridgehead atoms. The fraction of sp³-hybridized carbons (Fsp3) is 0.368. The van der Waals surface area contributed by atoms with Crippen LogP contribution in [0.4, 0.5) is 23.7 Å². The number of amides is 2. The molecule has 0 radical (unpaired) electrons. The molecule has 1 fully saturated rings. The lowest BCUT2D eigenvalue weighted by atomic mass is 9.98. The van der Waals surface area contributed by atoms with Crippen LogP contribution in [0.3, 0.4) is 0 Å². The number of para-hydroxylation sites is 1. The van der Waals surface area contributed by atoms with Crippen LogP contribution in [-0.2, 0) is 9.53 Å². The molecule has 0 spiro atoms. The number of aryl methyl sites for hydroxylation is 2. The number of carbonyl (C=O) groups is 2.